The van der Waals surface area contributed by atoms with Crippen LogP contribution in [0.3, 0.4) is 0 Å². The van der Waals surface area contributed by atoms with Gasteiger partial charge < -0.3 is 4.57 Å². The van der Waals surface area contributed by atoms with Crippen molar-refractivity contribution in [2.24, 2.45) is 0 Å². The predicted octanol–water partition coefficient (Wildman–Crippen LogP) is 3.04. The van der Waals surface area contributed by atoms with Crippen molar-refractivity contribution in [2.75, 3.05) is 0 Å². The maximum Gasteiger partial charge on any atom is 0.254 e. The van der Waals surface area contributed by atoms with Gasteiger partial charge in [-0.05, 0) is 30.2 Å². The molecule has 5 rings (SSSR count). The zero-order chi connectivity index (χ0) is 16.4. The lowest BCUT2D eigenvalue weighted by Gasteiger charge is -2.22. The van der Waals surface area contributed by atoms with Crippen LogP contribution < -0.4 is 5.56 Å². The molecule has 2 aromatic heterocycles. The first-order valence-electron chi connectivity index (χ1n) is 8.32. The number of fused-ring (bicyclic) bond motifs is 5. The van der Waals surface area contributed by atoms with Crippen LogP contribution >= 0.6 is 0 Å². The molecule has 0 fully saturated rings. The first-order valence-corrected chi connectivity index (χ1v) is 8.32. The summed E-state index contributed by atoms with van der Waals surface area (Å²) in [5.41, 5.74) is 5.48. The average molecular weight is 316 g/mol. The molecule has 0 spiro atoms. The van der Waals surface area contributed by atoms with E-state index < -0.39 is 0 Å². The number of hydrogen-bond donors (Lipinski definition) is 0. The first-order chi connectivity index (χ1) is 11.6. The molecule has 1 aliphatic heterocycles. The molecular formula is C20H16N2O2. The number of ketones is 1. The number of hydrogen-bond acceptors (Lipinski definition) is 3. The van der Waals surface area contributed by atoms with Crippen LogP contribution in [0, 0.1) is 0 Å². The van der Waals surface area contributed by atoms with Crippen molar-refractivity contribution in [3.8, 4) is 11.4 Å². The van der Waals surface area contributed by atoms with Crippen LogP contribution in [-0.2, 0) is 17.8 Å². The van der Waals surface area contributed by atoms with Crippen LogP contribution in [0.5, 0.6) is 0 Å². The number of benzene rings is 1. The predicted molar refractivity (Wildman–Crippen MR) is 92.3 cm³/mol. The van der Waals surface area contributed by atoms with Crippen molar-refractivity contribution < 1.29 is 4.79 Å². The maximum atomic E-state index is 12.9. The third kappa shape index (κ3) is 1.71. The van der Waals surface area contributed by atoms with Crippen LogP contribution in [0.4, 0.5) is 0 Å². The molecule has 4 heteroatoms. The van der Waals surface area contributed by atoms with Crippen LogP contribution in [0.25, 0.3) is 22.3 Å². The number of aromatic nitrogens is 2. The Morgan fingerprint density at radius 2 is 1.96 bits per heavy atom. The number of pyridine rings is 2. The molecule has 118 valence electrons. The summed E-state index contributed by atoms with van der Waals surface area (Å²) in [6, 6.07) is 12.1. The Balaban J connectivity index is 1.80. The van der Waals surface area contributed by atoms with Gasteiger partial charge in [0.1, 0.15) is 5.78 Å². The van der Waals surface area contributed by atoms with Gasteiger partial charge in [-0.3, -0.25) is 9.59 Å². The van der Waals surface area contributed by atoms with E-state index in [9.17, 15) is 9.59 Å². The molecule has 2 aliphatic rings. The van der Waals surface area contributed by atoms with Crippen molar-refractivity contribution in [2.45, 2.75) is 32.2 Å². The van der Waals surface area contributed by atoms with E-state index in [2.05, 4.69) is 6.07 Å². The smallest absolute Gasteiger partial charge is 0.254 e. The summed E-state index contributed by atoms with van der Waals surface area (Å²) < 4.78 is 1.82. The fraction of sp³-hybridized carbons (Fsp3) is 0.250. The number of para-hydroxylation sites is 1. The molecule has 0 N–H and O–H groups in total. The highest BCUT2D eigenvalue weighted by molar-refractivity contribution is 5.88. The summed E-state index contributed by atoms with van der Waals surface area (Å²) in [6.45, 7) is 2.47. The van der Waals surface area contributed by atoms with Crippen LogP contribution in [0.2, 0.25) is 0 Å². The Kier molecular flexibility index (Phi) is 2.64. The van der Waals surface area contributed by atoms with Gasteiger partial charge in [-0.15, -0.1) is 0 Å². The summed E-state index contributed by atoms with van der Waals surface area (Å²) in [7, 11) is 0. The van der Waals surface area contributed by atoms with Crippen molar-refractivity contribution in [1.82, 2.24) is 9.55 Å². The second kappa shape index (κ2) is 4.63. The standard InChI is InChI=1S/C20H16N2O2/c1-11-15-9-17-19-13(8-12-4-2-3-5-16(12)21-19)10-22(17)20(24)14(15)6-7-18(11)23/h2-5,8-9,11H,6-7,10H2,1H3/t11-/m0/s1. The quantitative estimate of drug-likeness (QED) is 0.501. The normalized spacial score (nSPS) is 18.4. The lowest BCUT2D eigenvalue weighted by atomic mass is 9.83. The minimum absolute atomic E-state index is 0.0453. The van der Waals surface area contributed by atoms with Gasteiger partial charge in [0.2, 0.25) is 0 Å². The molecule has 0 unspecified atom stereocenters. The van der Waals surface area contributed by atoms with Gasteiger partial charge in [-0.25, -0.2) is 4.98 Å². The minimum atomic E-state index is -0.197. The van der Waals surface area contributed by atoms with Gasteiger partial charge >= 0.3 is 0 Å². The minimum Gasteiger partial charge on any atom is -0.302 e. The van der Waals surface area contributed by atoms with E-state index in [0.717, 1.165) is 39.0 Å². The van der Waals surface area contributed by atoms with E-state index in [1.54, 1.807) is 0 Å². The molecule has 3 heterocycles. The summed E-state index contributed by atoms with van der Waals surface area (Å²) in [5.74, 6) is 0.0217. The first kappa shape index (κ1) is 13.7. The van der Waals surface area contributed by atoms with Gasteiger partial charge in [0, 0.05) is 28.9 Å². The Morgan fingerprint density at radius 1 is 1.12 bits per heavy atom. The molecule has 1 aromatic carbocycles. The lowest BCUT2D eigenvalue weighted by Crippen LogP contribution is -2.30. The molecule has 4 nitrogen and oxygen atoms in total. The number of carbonyl (C=O) groups excluding carboxylic acids is 1. The molecule has 0 amide bonds. The van der Waals surface area contributed by atoms with Gasteiger partial charge in [-0.1, -0.05) is 25.1 Å². The van der Waals surface area contributed by atoms with Crippen molar-refractivity contribution in [3.05, 3.63) is 63.4 Å². The van der Waals surface area contributed by atoms with E-state index in [-0.39, 0.29) is 17.3 Å². The molecule has 3 aromatic rings. The Morgan fingerprint density at radius 3 is 2.83 bits per heavy atom. The monoisotopic (exact) mass is 316 g/mol. The molecule has 0 saturated carbocycles. The Bertz CT molecular complexity index is 1090. The number of nitrogens with zero attached hydrogens (tertiary/aromatic N) is 2. The Hall–Kier alpha value is -2.75. The van der Waals surface area contributed by atoms with Crippen molar-refractivity contribution in [1.29, 1.82) is 0 Å². The second-order valence-electron chi connectivity index (χ2n) is 6.73. The van der Waals surface area contributed by atoms with E-state index in [1.165, 1.54) is 0 Å². The highest BCUT2D eigenvalue weighted by Gasteiger charge is 2.31. The summed E-state index contributed by atoms with van der Waals surface area (Å²) in [4.78, 5) is 29.8. The van der Waals surface area contributed by atoms with Crippen molar-refractivity contribution in [3.63, 3.8) is 0 Å². The molecule has 1 aliphatic carbocycles. The Labute approximate surface area is 138 Å². The SMILES string of the molecule is C[C@@H]1C(=O)CCc2c1cc1n(c2=O)Cc2cc3ccccc3nc2-1. The summed E-state index contributed by atoms with van der Waals surface area (Å²) >= 11 is 0. The topological polar surface area (TPSA) is 52.0 Å². The number of carbonyl (C=O) groups is 1. The van der Waals surface area contributed by atoms with Gasteiger partial charge in [0.05, 0.1) is 23.4 Å². The van der Waals surface area contributed by atoms with E-state index in [4.69, 9.17) is 4.98 Å². The molecule has 0 radical (unpaired) electrons. The third-order valence-corrected chi connectivity index (χ3v) is 5.38. The fourth-order valence-corrected chi connectivity index (χ4v) is 4.01. The fourth-order valence-electron chi connectivity index (χ4n) is 4.01. The number of rotatable bonds is 0. The van der Waals surface area contributed by atoms with Crippen LogP contribution in [0.1, 0.15) is 36.0 Å². The molecular weight excluding hydrogens is 300 g/mol. The summed E-state index contributed by atoms with van der Waals surface area (Å²) in [5, 5.41) is 1.09. The summed E-state index contributed by atoms with van der Waals surface area (Å²) in [6.07, 6.45) is 1.03. The maximum absolute atomic E-state index is 12.9. The zero-order valence-corrected chi connectivity index (χ0v) is 13.4. The van der Waals surface area contributed by atoms with Crippen LogP contribution in [-0.4, -0.2) is 15.3 Å². The zero-order valence-electron chi connectivity index (χ0n) is 13.4. The molecule has 0 saturated heterocycles. The molecule has 1 atom stereocenters. The van der Waals surface area contributed by atoms with Gasteiger partial charge in [0.15, 0.2) is 0 Å². The third-order valence-electron chi connectivity index (χ3n) is 5.38. The van der Waals surface area contributed by atoms with E-state index in [0.29, 0.717) is 19.4 Å². The van der Waals surface area contributed by atoms with Crippen LogP contribution in [0.15, 0.2) is 41.2 Å². The van der Waals surface area contributed by atoms with Gasteiger partial charge in [0.25, 0.3) is 5.56 Å². The van der Waals surface area contributed by atoms with Gasteiger partial charge in [-0.2, -0.15) is 0 Å². The number of Topliss-reactive ketones (excluding diaryl/α,β-unsaturated/α-hetero) is 1. The molecule has 0 bridgehead atoms. The van der Waals surface area contributed by atoms with E-state index in [1.807, 2.05) is 41.8 Å². The van der Waals surface area contributed by atoms with E-state index >= 15 is 0 Å². The highest BCUT2D eigenvalue weighted by atomic mass is 16.1. The average Bonchev–Trinajstić information content (AvgIpc) is 2.95. The lowest BCUT2D eigenvalue weighted by molar-refractivity contribution is -0.120. The second-order valence-corrected chi connectivity index (χ2v) is 6.73. The molecule has 24 heavy (non-hydrogen) atoms. The van der Waals surface area contributed by atoms with Crippen molar-refractivity contribution >= 4 is 16.7 Å². The highest BCUT2D eigenvalue weighted by Crippen LogP contribution is 2.35. The largest absolute Gasteiger partial charge is 0.302 e.